The molecule has 4 rings (SSSR count). The van der Waals surface area contributed by atoms with E-state index in [9.17, 15) is 0 Å². The van der Waals surface area contributed by atoms with Crippen molar-refractivity contribution in [2.45, 2.75) is 86.9 Å². The molecule has 222 valence electrons. The van der Waals surface area contributed by atoms with E-state index in [2.05, 4.69) is 18.7 Å². The van der Waals surface area contributed by atoms with Crippen LogP contribution in [0.1, 0.15) is 80.4 Å². The Morgan fingerprint density at radius 2 is 1.77 bits per heavy atom. The number of hydrogen-bond acceptors (Lipinski definition) is 8. The van der Waals surface area contributed by atoms with Crippen molar-refractivity contribution in [2.75, 3.05) is 18.8 Å². The Morgan fingerprint density at radius 3 is 2.38 bits per heavy atom. The number of nitrogens with one attached hydrogen (secondary N) is 1. The van der Waals surface area contributed by atoms with Crippen LogP contribution in [0.15, 0.2) is 59.4 Å². The maximum atomic E-state index is 8.93. The molecule has 2 aliphatic rings. The summed E-state index contributed by atoms with van der Waals surface area (Å²) in [5, 5.41) is 8.93. The molecule has 0 amide bonds. The Morgan fingerprint density at radius 1 is 1.10 bits per heavy atom. The van der Waals surface area contributed by atoms with Crippen molar-refractivity contribution in [3.05, 3.63) is 76.1 Å². The molecule has 2 heterocycles. The van der Waals surface area contributed by atoms with Crippen LogP contribution in [-0.2, 0) is 11.3 Å². The summed E-state index contributed by atoms with van der Waals surface area (Å²) in [6, 6.07) is 11.7. The summed E-state index contributed by atoms with van der Waals surface area (Å²) >= 11 is 0. The van der Waals surface area contributed by atoms with E-state index >= 15 is 0 Å². The molecule has 0 saturated carbocycles. The van der Waals surface area contributed by atoms with Crippen molar-refractivity contribution in [1.82, 2.24) is 4.90 Å². The van der Waals surface area contributed by atoms with Gasteiger partial charge in [-0.3, -0.25) is 5.41 Å². The van der Waals surface area contributed by atoms with Gasteiger partial charge in [0, 0.05) is 67.0 Å². The zero-order valence-corrected chi connectivity index (χ0v) is 23.1. The van der Waals surface area contributed by atoms with Gasteiger partial charge < -0.3 is 36.3 Å². The van der Waals surface area contributed by atoms with Crippen molar-refractivity contribution in [3.63, 3.8) is 0 Å². The van der Waals surface area contributed by atoms with E-state index in [1.54, 1.807) is 18.2 Å². The van der Waals surface area contributed by atoms with Gasteiger partial charge in [-0.05, 0) is 82.8 Å². The molecular weight excluding hydrogens is 502 g/mol. The van der Waals surface area contributed by atoms with E-state index in [-0.39, 0.29) is 22.4 Å². The Hall–Kier alpha value is -3.49. The molecule has 1 atom stereocenters. The molecule has 0 aliphatic carbocycles. The molecule has 2 aromatic carbocycles. The second-order valence-corrected chi connectivity index (χ2v) is 10.6. The molecule has 2 aromatic rings. The molecule has 0 radical (unpaired) electrons. The van der Waals surface area contributed by atoms with Crippen molar-refractivity contribution in [2.24, 2.45) is 11.5 Å². The van der Waals surface area contributed by atoms with Crippen LogP contribution in [0.5, 0.6) is 11.5 Å². The average molecular weight is 554 g/mol. The van der Waals surface area contributed by atoms with E-state index in [0.29, 0.717) is 41.1 Å². The molecule has 1 fully saturated rings. The first kappa shape index (κ1) is 32.7. The number of nitrogens with two attached hydrogens (primary N) is 3. The standard InChI is InChI=1S/C30H41N5O3.2CH4.H2/c1-18(2)35-12-10-30(11-13-35)36-17-23-14-22(6-9-27(23)38-30)29(34)25-15-24(7-8-26(25)33)37-21(5)28(20(4)32)19(3)16-31;;;/h6-9,14-16,18,21,34H,10-13,17,31-33H2,1-5H3;2*1H4;1H/b19-16-,28-20+,34-29?;;;/t21-;;;/m1.../s1. The van der Waals surface area contributed by atoms with Crippen molar-refractivity contribution in [1.29, 1.82) is 5.41 Å². The van der Waals surface area contributed by atoms with E-state index in [0.717, 1.165) is 54.0 Å². The van der Waals surface area contributed by atoms with Gasteiger partial charge in [-0.25, -0.2) is 0 Å². The summed E-state index contributed by atoms with van der Waals surface area (Å²) in [5.41, 5.74) is 23.5. The number of piperidine rings is 1. The fourth-order valence-electron chi connectivity index (χ4n) is 5.30. The summed E-state index contributed by atoms with van der Waals surface area (Å²) in [7, 11) is 0. The highest BCUT2D eigenvalue weighted by Gasteiger charge is 2.41. The van der Waals surface area contributed by atoms with E-state index < -0.39 is 5.79 Å². The molecule has 1 spiro atoms. The quantitative estimate of drug-likeness (QED) is 0.183. The van der Waals surface area contributed by atoms with Gasteiger partial charge in [0.15, 0.2) is 0 Å². The van der Waals surface area contributed by atoms with E-state index in [1.807, 2.05) is 39.0 Å². The number of rotatable bonds is 7. The fraction of sp³-hybridized carbons (Fsp3) is 0.469. The number of anilines is 1. The first-order valence-corrected chi connectivity index (χ1v) is 13.2. The van der Waals surface area contributed by atoms with Gasteiger partial charge in [0.05, 0.1) is 12.3 Å². The molecule has 7 N–H and O–H groups in total. The Labute approximate surface area is 242 Å². The van der Waals surface area contributed by atoms with Gasteiger partial charge in [-0.1, -0.05) is 14.9 Å². The van der Waals surface area contributed by atoms with Crippen LogP contribution in [0.2, 0.25) is 0 Å². The lowest BCUT2D eigenvalue weighted by molar-refractivity contribution is -0.229. The van der Waals surface area contributed by atoms with E-state index in [4.69, 9.17) is 36.8 Å². The third-order valence-corrected chi connectivity index (χ3v) is 7.54. The third-order valence-electron chi connectivity index (χ3n) is 7.54. The molecule has 8 nitrogen and oxygen atoms in total. The van der Waals surface area contributed by atoms with Crippen LogP contribution >= 0.6 is 0 Å². The summed E-state index contributed by atoms with van der Waals surface area (Å²) in [6.45, 7) is 12.4. The number of nitrogens with zero attached hydrogens (tertiary/aromatic N) is 1. The normalized spacial score (nSPS) is 18.0. The van der Waals surface area contributed by atoms with Gasteiger partial charge >= 0.3 is 0 Å². The highest BCUT2D eigenvalue weighted by molar-refractivity contribution is 6.14. The Kier molecular flexibility index (Phi) is 10.8. The minimum atomic E-state index is -0.563. The maximum absolute atomic E-state index is 8.93. The molecule has 0 unspecified atom stereocenters. The predicted octanol–water partition coefficient (Wildman–Crippen LogP) is 6.18. The number of likely N-dealkylation sites (tertiary alicyclic amines) is 1. The monoisotopic (exact) mass is 553 g/mol. The highest BCUT2D eigenvalue weighted by atomic mass is 16.7. The van der Waals surface area contributed by atoms with Crippen LogP contribution in [0, 0.1) is 5.41 Å². The molecule has 0 aromatic heterocycles. The fourth-order valence-corrected chi connectivity index (χ4v) is 5.30. The second-order valence-electron chi connectivity index (χ2n) is 10.6. The molecule has 8 heteroatoms. The van der Waals surface area contributed by atoms with Crippen LogP contribution in [0.25, 0.3) is 0 Å². The minimum Gasteiger partial charge on any atom is -0.486 e. The lowest BCUT2D eigenvalue weighted by atomic mass is 9.97. The van der Waals surface area contributed by atoms with Gasteiger partial charge in [-0.2, -0.15) is 0 Å². The Balaban J connectivity index is 0.00000280. The second kappa shape index (κ2) is 13.2. The number of nitrogen functional groups attached to an aromatic ring is 1. The van der Waals surface area contributed by atoms with Crippen LogP contribution in [0.3, 0.4) is 0 Å². The summed E-state index contributed by atoms with van der Waals surface area (Å²) < 4.78 is 18.8. The SMILES string of the molecule is C.C.CC(=C/N)/C(=C(/C)N)[C@@H](C)Oc1ccc(N)c(C(=N)c2ccc3c(c2)COC2(CCN(C(C)C)CC2)O3)c1.[HH]. The summed E-state index contributed by atoms with van der Waals surface area (Å²) in [6.07, 6.45) is 2.87. The first-order chi connectivity index (χ1) is 18.0. The van der Waals surface area contributed by atoms with Crippen molar-refractivity contribution in [3.8, 4) is 11.5 Å². The first-order valence-electron chi connectivity index (χ1n) is 13.2. The zero-order chi connectivity index (χ0) is 27.6. The predicted molar refractivity (Wildman–Crippen MR) is 168 cm³/mol. The largest absolute Gasteiger partial charge is 0.486 e. The zero-order valence-electron chi connectivity index (χ0n) is 23.1. The van der Waals surface area contributed by atoms with Crippen LogP contribution in [-0.4, -0.2) is 41.6 Å². The number of benzene rings is 2. The Bertz CT molecular complexity index is 1260. The summed E-state index contributed by atoms with van der Waals surface area (Å²) in [4.78, 5) is 2.45. The van der Waals surface area contributed by atoms with Crippen LogP contribution < -0.4 is 26.7 Å². The number of fused-ring (bicyclic) bond motifs is 1. The maximum Gasteiger partial charge on any atom is 0.213 e. The van der Waals surface area contributed by atoms with Crippen molar-refractivity contribution < 1.29 is 15.6 Å². The number of ether oxygens (including phenoxy) is 3. The minimum absolute atomic E-state index is 0. The lowest BCUT2D eigenvalue weighted by Gasteiger charge is -2.45. The molecule has 40 heavy (non-hydrogen) atoms. The van der Waals surface area contributed by atoms with Gasteiger partial charge in [0.2, 0.25) is 5.79 Å². The molecule has 0 bridgehead atoms. The number of hydrogen-bond donors (Lipinski definition) is 4. The molecular formula is C32H51N5O3. The van der Waals surface area contributed by atoms with Gasteiger partial charge in [0.25, 0.3) is 0 Å². The smallest absolute Gasteiger partial charge is 0.213 e. The number of allylic oxidation sites excluding steroid dienone is 1. The highest BCUT2D eigenvalue weighted by Crippen LogP contribution is 2.38. The van der Waals surface area contributed by atoms with Gasteiger partial charge in [0.1, 0.15) is 17.6 Å². The van der Waals surface area contributed by atoms with Crippen LogP contribution in [0.4, 0.5) is 5.69 Å². The summed E-state index contributed by atoms with van der Waals surface area (Å²) in [5.74, 6) is 0.853. The molecule has 1 saturated heterocycles. The third kappa shape index (κ3) is 6.80. The van der Waals surface area contributed by atoms with Crippen molar-refractivity contribution >= 4 is 11.4 Å². The van der Waals surface area contributed by atoms with Gasteiger partial charge in [-0.15, -0.1) is 0 Å². The topological polar surface area (TPSA) is 133 Å². The average Bonchev–Trinajstić information content (AvgIpc) is 2.89. The molecule has 2 aliphatic heterocycles. The van der Waals surface area contributed by atoms with E-state index in [1.165, 1.54) is 6.20 Å². The lowest BCUT2D eigenvalue weighted by Crippen LogP contribution is -2.52.